The summed E-state index contributed by atoms with van der Waals surface area (Å²) < 4.78 is 5.29. The molecule has 7 heteroatoms. The second-order valence-corrected chi connectivity index (χ2v) is 5.94. The minimum atomic E-state index is -0.762. The van der Waals surface area contributed by atoms with Gasteiger partial charge in [0, 0.05) is 19.2 Å². The second kappa shape index (κ2) is 8.24. The van der Waals surface area contributed by atoms with Gasteiger partial charge in [-0.3, -0.25) is 14.6 Å². The van der Waals surface area contributed by atoms with Crippen molar-refractivity contribution in [2.75, 3.05) is 13.1 Å². The zero-order chi connectivity index (χ0) is 18.4. The Morgan fingerprint density at radius 1 is 1.15 bits per heavy atom. The predicted molar refractivity (Wildman–Crippen MR) is 93.3 cm³/mol. The van der Waals surface area contributed by atoms with E-state index in [1.165, 1.54) is 11.1 Å². The molecule has 1 aliphatic heterocycles. The van der Waals surface area contributed by atoms with Crippen molar-refractivity contribution in [2.24, 2.45) is 0 Å². The number of carbonyl (C=O) groups excluding carboxylic acids is 3. The number of pyridine rings is 1. The molecule has 0 radical (unpaired) electrons. The fourth-order valence-electron chi connectivity index (χ4n) is 2.66. The average molecular weight is 353 g/mol. The summed E-state index contributed by atoms with van der Waals surface area (Å²) in [5.74, 6) is -0.551. The smallest absolute Gasteiger partial charge is 0.410 e. The summed E-state index contributed by atoms with van der Waals surface area (Å²) in [6, 6.07) is 13.5. The van der Waals surface area contributed by atoms with Gasteiger partial charge in [-0.2, -0.15) is 0 Å². The highest BCUT2D eigenvalue weighted by atomic mass is 16.6. The van der Waals surface area contributed by atoms with Crippen molar-refractivity contribution in [3.05, 3.63) is 66.0 Å². The average Bonchev–Trinajstić information content (AvgIpc) is 2.69. The quantitative estimate of drug-likeness (QED) is 0.905. The number of rotatable bonds is 4. The van der Waals surface area contributed by atoms with Crippen molar-refractivity contribution < 1.29 is 19.1 Å². The molecule has 1 atom stereocenters. The lowest BCUT2D eigenvalue weighted by Crippen LogP contribution is -2.54. The first-order valence-electron chi connectivity index (χ1n) is 8.34. The molecule has 1 saturated heterocycles. The predicted octanol–water partition coefficient (Wildman–Crippen LogP) is 1.79. The van der Waals surface area contributed by atoms with Crippen molar-refractivity contribution >= 4 is 17.8 Å². The fourth-order valence-corrected chi connectivity index (χ4v) is 2.66. The SMILES string of the molecule is O=C(N[C@H]1CN(C(=O)OCc2ccccc2)CCC1=O)c1ccccn1. The summed E-state index contributed by atoms with van der Waals surface area (Å²) in [6.07, 6.45) is 1.18. The number of ether oxygens (including phenoxy) is 1. The molecule has 2 aromatic rings. The van der Waals surface area contributed by atoms with Gasteiger partial charge in [0.25, 0.3) is 5.91 Å². The van der Waals surface area contributed by atoms with Gasteiger partial charge >= 0.3 is 6.09 Å². The van der Waals surface area contributed by atoms with Gasteiger partial charge in [-0.15, -0.1) is 0 Å². The number of likely N-dealkylation sites (tertiary alicyclic amines) is 1. The van der Waals surface area contributed by atoms with Crippen LogP contribution in [0.15, 0.2) is 54.7 Å². The molecule has 0 saturated carbocycles. The van der Waals surface area contributed by atoms with Gasteiger partial charge < -0.3 is 15.0 Å². The third kappa shape index (κ3) is 4.44. The molecular formula is C19H19N3O4. The molecule has 2 heterocycles. The lowest BCUT2D eigenvalue weighted by molar-refractivity contribution is -0.123. The first-order valence-corrected chi connectivity index (χ1v) is 8.34. The van der Waals surface area contributed by atoms with E-state index in [0.717, 1.165) is 5.56 Å². The minimum absolute atomic E-state index is 0.0883. The van der Waals surface area contributed by atoms with E-state index >= 15 is 0 Å². The highest BCUT2D eigenvalue weighted by Gasteiger charge is 2.32. The van der Waals surface area contributed by atoms with Gasteiger partial charge in [0.2, 0.25) is 0 Å². The van der Waals surface area contributed by atoms with Crippen molar-refractivity contribution in [2.45, 2.75) is 19.1 Å². The Bertz CT molecular complexity index is 780. The standard InChI is InChI=1S/C19H19N3O4/c23-17-9-11-22(19(25)26-13-14-6-2-1-3-7-14)12-16(17)21-18(24)15-8-4-5-10-20-15/h1-8,10,16H,9,11-13H2,(H,21,24)/t16-/m0/s1. The highest BCUT2D eigenvalue weighted by molar-refractivity contribution is 5.97. The maximum absolute atomic E-state index is 12.2. The first-order chi connectivity index (χ1) is 12.6. The van der Waals surface area contributed by atoms with Gasteiger partial charge in [0.05, 0.1) is 6.54 Å². The minimum Gasteiger partial charge on any atom is -0.445 e. The topological polar surface area (TPSA) is 88.6 Å². The molecule has 0 aliphatic carbocycles. The number of ketones is 1. The lowest BCUT2D eigenvalue weighted by atomic mass is 10.0. The van der Waals surface area contributed by atoms with Crippen LogP contribution in [0.25, 0.3) is 0 Å². The number of hydrogen-bond acceptors (Lipinski definition) is 5. The van der Waals surface area contributed by atoms with Gasteiger partial charge in [0.1, 0.15) is 18.3 Å². The number of aromatic nitrogens is 1. The van der Waals surface area contributed by atoms with E-state index in [2.05, 4.69) is 10.3 Å². The molecule has 3 rings (SSSR count). The molecule has 7 nitrogen and oxygen atoms in total. The Morgan fingerprint density at radius 2 is 1.92 bits per heavy atom. The molecule has 0 spiro atoms. The zero-order valence-corrected chi connectivity index (χ0v) is 14.1. The van der Waals surface area contributed by atoms with Gasteiger partial charge in [0.15, 0.2) is 5.78 Å². The largest absolute Gasteiger partial charge is 0.445 e. The summed E-state index contributed by atoms with van der Waals surface area (Å²) in [5, 5.41) is 2.64. The van der Waals surface area contributed by atoms with Gasteiger partial charge in [-0.25, -0.2) is 4.79 Å². The number of piperidine rings is 1. The molecule has 1 aromatic heterocycles. The van der Waals surface area contributed by atoms with Crippen LogP contribution in [0.4, 0.5) is 4.79 Å². The molecule has 134 valence electrons. The number of hydrogen-bond donors (Lipinski definition) is 1. The van der Waals surface area contributed by atoms with Crippen LogP contribution in [-0.4, -0.2) is 46.8 Å². The number of amides is 2. The van der Waals surface area contributed by atoms with E-state index in [4.69, 9.17) is 4.74 Å². The lowest BCUT2D eigenvalue weighted by Gasteiger charge is -2.31. The molecule has 26 heavy (non-hydrogen) atoms. The van der Waals surface area contributed by atoms with Crippen LogP contribution in [0.5, 0.6) is 0 Å². The van der Waals surface area contributed by atoms with Crippen LogP contribution in [-0.2, 0) is 16.1 Å². The summed E-state index contributed by atoms with van der Waals surface area (Å²) in [4.78, 5) is 41.9. The second-order valence-electron chi connectivity index (χ2n) is 5.94. The first kappa shape index (κ1) is 17.6. The Balaban J connectivity index is 1.56. The van der Waals surface area contributed by atoms with Crippen LogP contribution in [0, 0.1) is 0 Å². The summed E-state index contributed by atoms with van der Waals surface area (Å²) in [5.41, 5.74) is 1.11. The van der Waals surface area contributed by atoms with Gasteiger partial charge in [-0.05, 0) is 17.7 Å². The number of Topliss-reactive ketones (excluding diaryl/α,β-unsaturated/α-hetero) is 1. The van der Waals surface area contributed by atoms with Crippen LogP contribution in [0.1, 0.15) is 22.5 Å². The summed E-state index contributed by atoms with van der Waals surface area (Å²) in [7, 11) is 0. The van der Waals surface area contributed by atoms with Crippen molar-refractivity contribution in [1.29, 1.82) is 0 Å². The monoisotopic (exact) mass is 353 g/mol. The van der Waals surface area contributed by atoms with Crippen molar-refractivity contribution in [3.63, 3.8) is 0 Å². The third-order valence-electron chi connectivity index (χ3n) is 4.09. The third-order valence-corrected chi connectivity index (χ3v) is 4.09. The number of benzene rings is 1. The zero-order valence-electron chi connectivity index (χ0n) is 14.1. The Hall–Kier alpha value is -3.22. The maximum Gasteiger partial charge on any atom is 0.410 e. The van der Waals surface area contributed by atoms with Crippen LogP contribution in [0.2, 0.25) is 0 Å². The molecule has 1 N–H and O–H groups in total. The molecule has 1 fully saturated rings. The van der Waals surface area contributed by atoms with E-state index < -0.39 is 18.0 Å². The fraction of sp³-hybridized carbons (Fsp3) is 0.263. The van der Waals surface area contributed by atoms with Crippen molar-refractivity contribution in [1.82, 2.24) is 15.2 Å². The summed E-state index contributed by atoms with van der Waals surface area (Å²) in [6.45, 7) is 0.530. The van der Waals surface area contributed by atoms with Gasteiger partial charge in [-0.1, -0.05) is 36.4 Å². The van der Waals surface area contributed by atoms with E-state index in [0.29, 0.717) is 0 Å². The Morgan fingerprint density at radius 3 is 2.65 bits per heavy atom. The Labute approximate surface area is 151 Å². The number of nitrogens with one attached hydrogen (secondary N) is 1. The molecule has 1 aromatic carbocycles. The number of nitrogens with zero attached hydrogens (tertiary/aromatic N) is 2. The normalized spacial score (nSPS) is 16.8. The van der Waals surface area contributed by atoms with Crippen LogP contribution >= 0.6 is 0 Å². The van der Waals surface area contributed by atoms with E-state index in [1.54, 1.807) is 18.2 Å². The summed E-state index contributed by atoms with van der Waals surface area (Å²) >= 11 is 0. The maximum atomic E-state index is 12.2. The van der Waals surface area contributed by atoms with Crippen LogP contribution < -0.4 is 5.32 Å². The van der Waals surface area contributed by atoms with E-state index in [-0.39, 0.29) is 37.6 Å². The Kier molecular flexibility index (Phi) is 5.58. The molecule has 0 unspecified atom stereocenters. The van der Waals surface area contributed by atoms with E-state index in [1.807, 2.05) is 30.3 Å². The van der Waals surface area contributed by atoms with Crippen LogP contribution in [0.3, 0.4) is 0 Å². The molecule has 2 amide bonds. The molecule has 0 bridgehead atoms. The molecular weight excluding hydrogens is 334 g/mol. The highest BCUT2D eigenvalue weighted by Crippen LogP contribution is 2.11. The molecule has 1 aliphatic rings. The van der Waals surface area contributed by atoms with Crippen molar-refractivity contribution in [3.8, 4) is 0 Å². The number of carbonyl (C=O) groups is 3. The van der Waals surface area contributed by atoms with E-state index in [9.17, 15) is 14.4 Å².